The maximum Gasteiger partial charge on any atom is 0.322 e. The lowest BCUT2D eigenvalue weighted by Crippen LogP contribution is -2.51. The number of urea groups is 1. The van der Waals surface area contributed by atoms with Gasteiger partial charge in [0.1, 0.15) is 15.4 Å². The van der Waals surface area contributed by atoms with Gasteiger partial charge < -0.3 is 5.32 Å². The number of carbonyl (C=O) groups excluding carboxylic acids is 2. The Labute approximate surface area is 100 Å². The SMILES string of the molecule is [B]CS(=O)(=O)CC1CC=CC12NC(=O)NC2=O. The normalized spacial score (nSPS) is 31.9. The largest absolute Gasteiger partial charge is 0.322 e. The Hall–Kier alpha value is -1.31. The van der Waals surface area contributed by atoms with Gasteiger partial charge in [-0.25, -0.2) is 13.2 Å². The van der Waals surface area contributed by atoms with E-state index in [0.29, 0.717) is 6.42 Å². The first-order valence-electron chi connectivity index (χ1n) is 5.11. The third-order valence-electron chi connectivity index (χ3n) is 3.08. The highest BCUT2D eigenvalue weighted by Crippen LogP contribution is 2.33. The molecule has 2 N–H and O–H groups in total. The van der Waals surface area contributed by atoms with Crippen LogP contribution in [0, 0.1) is 5.92 Å². The highest BCUT2D eigenvalue weighted by molar-refractivity contribution is 7.92. The molecule has 2 rings (SSSR count). The molecule has 6 nitrogen and oxygen atoms in total. The molecule has 1 fully saturated rings. The Balaban J connectivity index is 2.26. The topological polar surface area (TPSA) is 92.3 Å². The second kappa shape index (κ2) is 3.87. The lowest BCUT2D eigenvalue weighted by molar-refractivity contribution is -0.123. The van der Waals surface area contributed by atoms with E-state index in [0.717, 1.165) is 0 Å². The van der Waals surface area contributed by atoms with Crippen molar-refractivity contribution in [1.29, 1.82) is 0 Å². The highest BCUT2D eigenvalue weighted by atomic mass is 32.2. The lowest BCUT2D eigenvalue weighted by Gasteiger charge is -2.26. The van der Waals surface area contributed by atoms with Crippen LogP contribution in [0.3, 0.4) is 0 Å². The maximum atomic E-state index is 11.7. The van der Waals surface area contributed by atoms with E-state index in [1.54, 1.807) is 12.2 Å². The van der Waals surface area contributed by atoms with Gasteiger partial charge in [0.25, 0.3) is 5.91 Å². The van der Waals surface area contributed by atoms with Gasteiger partial charge in [0.05, 0.1) is 13.6 Å². The van der Waals surface area contributed by atoms with Crippen LogP contribution in [0.5, 0.6) is 0 Å². The minimum Gasteiger partial charge on any atom is -0.320 e. The van der Waals surface area contributed by atoms with E-state index in [2.05, 4.69) is 10.6 Å². The minimum absolute atomic E-state index is 0.218. The third-order valence-corrected chi connectivity index (χ3v) is 4.50. The van der Waals surface area contributed by atoms with Crippen LogP contribution in [0.2, 0.25) is 0 Å². The average Bonchev–Trinajstić information content (AvgIpc) is 2.74. The van der Waals surface area contributed by atoms with E-state index in [-0.39, 0.29) is 5.75 Å². The summed E-state index contributed by atoms with van der Waals surface area (Å²) in [6, 6.07) is -0.600. The van der Waals surface area contributed by atoms with Gasteiger partial charge in [-0.3, -0.25) is 10.1 Å². The summed E-state index contributed by atoms with van der Waals surface area (Å²) in [7, 11) is 1.74. The molecule has 0 bridgehead atoms. The molecular formula is C9H11BN2O4S. The molecule has 0 aromatic carbocycles. The zero-order valence-corrected chi connectivity index (χ0v) is 9.79. The van der Waals surface area contributed by atoms with E-state index < -0.39 is 38.9 Å². The molecular weight excluding hydrogens is 243 g/mol. The summed E-state index contributed by atoms with van der Waals surface area (Å²) in [5.74, 6) is -1.22. The number of hydrogen-bond donors (Lipinski definition) is 2. The van der Waals surface area contributed by atoms with Crippen LogP contribution >= 0.6 is 0 Å². The van der Waals surface area contributed by atoms with E-state index in [1.165, 1.54) is 0 Å². The van der Waals surface area contributed by atoms with Gasteiger partial charge in [-0.1, -0.05) is 12.2 Å². The standard InChI is InChI=1S/C9H11BN2O4S/c10-5-17(15,16)4-6-2-1-3-9(6)7(13)11-8(14)12-9/h1,3,6H,2,4-5H2,(H2,11,12,13,14). The van der Waals surface area contributed by atoms with Gasteiger partial charge in [0, 0.05) is 11.6 Å². The fraction of sp³-hybridized carbons (Fsp3) is 0.556. The Morgan fingerprint density at radius 1 is 1.47 bits per heavy atom. The van der Waals surface area contributed by atoms with Gasteiger partial charge in [-0.05, 0) is 6.42 Å². The number of amides is 3. The molecule has 0 aromatic rings. The zero-order chi connectivity index (χ0) is 12.7. The summed E-state index contributed by atoms with van der Waals surface area (Å²) in [6.07, 6.45) is 3.67. The van der Waals surface area contributed by atoms with Crippen molar-refractivity contribution >= 4 is 29.6 Å². The highest BCUT2D eigenvalue weighted by Gasteiger charge is 2.52. The fourth-order valence-electron chi connectivity index (χ4n) is 2.20. The Kier molecular flexibility index (Phi) is 2.77. The molecule has 0 saturated carbocycles. The summed E-state index contributed by atoms with van der Waals surface area (Å²) >= 11 is 0. The number of rotatable bonds is 3. The molecule has 90 valence electrons. The summed E-state index contributed by atoms with van der Waals surface area (Å²) in [6.45, 7) is 0. The summed E-state index contributed by atoms with van der Waals surface area (Å²) in [5.41, 5.74) is -1.69. The van der Waals surface area contributed by atoms with Crippen molar-refractivity contribution < 1.29 is 18.0 Å². The third kappa shape index (κ3) is 1.97. The quantitative estimate of drug-likeness (QED) is 0.371. The monoisotopic (exact) mass is 254 g/mol. The molecule has 2 unspecified atom stereocenters. The molecule has 17 heavy (non-hydrogen) atoms. The maximum absolute atomic E-state index is 11.7. The van der Waals surface area contributed by atoms with Crippen LogP contribution in [0.15, 0.2) is 12.2 Å². The van der Waals surface area contributed by atoms with Gasteiger partial charge in [0.15, 0.2) is 0 Å². The second-order valence-electron chi connectivity index (χ2n) is 4.19. The van der Waals surface area contributed by atoms with Crippen LogP contribution in [-0.4, -0.2) is 45.1 Å². The van der Waals surface area contributed by atoms with Gasteiger partial charge in [-0.2, -0.15) is 0 Å². The average molecular weight is 254 g/mol. The molecule has 3 amide bonds. The summed E-state index contributed by atoms with van der Waals surface area (Å²) in [4.78, 5) is 22.9. The first-order valence-corrected chi connectivity index (χ1v) is 6.93. The Morgan fingerprint density at radius 2 is 2.18 bits per heavy atom. The van der Waals surface area contributed by atoms with E-state index >= 15 is 0 Å². The van der Waals surface area contributed by atoms with Crippen LogP contribution in [-0.2, 0) is 14.6 Å². The van der Waals surface area contributed by atoms with Crippen LogP contribution in [0.1, 0.15) is 6.42 Å². The second-order valence-corrected chi connectivity index (χ2v) is 6.34. The van der Waals surface area contributed by atoms with Crippen molar-refractivity contribution in [3.05, 3.63) is 12.2 Å². The number of carbonyl (C=O) groups is 2. The van der Waals surface area contributed by atoms with Gasteiger partial charge >= 0.3 is 6.03 Å². The molecule has 0 aromatic heterocycles. The number of allylic oxidation sites excluding steroid dienone is 1. The molecule has 8 heteroatoms. The lowest BCUT2D eigenvalue weighted by atomic mass is 9.88. The molecule has 2 radical (unpaired) electrons. The molecule has 1 spiro atoms. The van der Waals surface area contributed by atoms with E-state index in [4.69, 9.17) is 7.85 Å². The number of imide groups is 1. The van der Waals surface area contributed by atoms with Crippen molar-refractivity contribution in [3.8, 4) is 0 Å². The molecule has 2 aliphatic rings. The number of sulfone groups is 1. The predicted octanol–water partition coefficient (Wildman–Crippen LogP) is -1.32. The minimum atomic E-state index is -3.40. The smallest absolute Gasteiger partial charge is 0.320 e. The van der Waals surface area contributed by atoms with Crippen LogP contribution < -0.4 is 10.6 Å². The fourth-order valence-corrected chi connectivity index (χ4v) is 3.35. The molecule has 1 aliphatic heterocycles. The zero-order valence-electron chi connectivity index (χ0n) is 8.97. The molecule has 1 aliphatic carbocycles. The van der Waals surface area contributed by atoms with Crippen molar-refractivity contribution in [2.45, 2.75) is 12.0 Å². The van der Waals surface area contributed by atoms with Crippen LogP contribution in [0.4, 0.5) is 4.79 Å². The number of nitrogens with one attached hydrogen (secondary N) is 2. The number of hydrogen-bond acceptors (Lipinski definition) is 4. The van der Waals surface area contributed by atoms with Crippen molar-refractivity contribution in [1.82, 2.24) is 10.6 Å². The first kappa shape index (κ1) is 12.2. The summed E-state index contributed by atoms with van der Waals surface area (Å²) < 4.78 is 23.0. The first-order chi connectivity index (χ1) is 7.89. The van der Waals surface area contributed by atoms with Crippen molar-refractivity contribution in [3.63, 3.8) is 0 Å². The Bertz CT molecular complexity index is 501. The molecule has 2 atom stereocenters. The van der Waals surface area contributed by atoms with E-state index in [9.17, 15) is 18.0 Å². The van der Waals surface area contributed by atoms with Crippen molar-refractivity contribution in [2.24, 2.45) is 5.92 Å². The summed E-state index contributed by atoms with van der Waals surface area (Å²) in [5, 5.41) is 4.60. The molecule has 1 heterocycles. The van der Waals surface area contributed by atoms with Gasteiger partial charge in [0.2, 0.25) is 0 Å². The van der Waals surface area contributed by atoms with Crippen molar-refractivity contribution in [2.75, 3.05) is 11.4 Å². The van der Waals surface area contributed by atoms with Crippen LogP contribution in [0.25, 0.3) is 0 Å². The predicted molar refractivity (Wildman–Crippen MR) is 61.1 cm³/mol. The Morgan fingerprint density at radius 3 is 2.71 bits per heavy atom. The molecule has 1 saturated heterocycles. The van der Waals surface area contributed by atoms with E-state index in [1.807, 2.05) is 0 Å². The van der Waals surface area contributed by atoms with Gasteiger partial charge in [-0.15, -0.1) is 0 Å².